The zero-order valence-corrected chi connectivity index (χ0v) is 8.75. The molecule has 0 saturated carbocycles. The molecule has 1 heterocycles. The summed E-state index contributed by atoms with van der Waals surface area (Å²) < 4.78 is 24.3. The Kier molecular flexibility index (Phi) is 3.24. The van der Waals surface area contributed by atoms with Crippen LogP contribution in [-0.2, 0) is 14.8 Å². The van der Waals surface area contributed by atoms with E-state index in [-0.39, 0.29) is 12.3 Å². The number of carbonyl (C=O) groups excluding carboxylic acids is 1. The van der Waals surface area contributed by atoms with Gasteiger partial charge in [-0.3, -0.25) is 4.79 Å². The molecule has 1 unspecified atom stereocenters. The minimum absolute atomic E-state index is 0.0750. The zero-order valence-electron chi connectivity index (χ0n) is 7.93. The van der Waals surface area contributed by atoms with Gasteiger partial charge in [-0.2, -0.15) is 9.57 Å². The summed E-state index contributed by atoms with van der Waals surface area (Å²) in [6.45, 7) is 1.60. The molecule has 0 aromatic carbocycles. The topological polar surface area (TPSA) is 78.2 Å². The van der Waals surface area contributed by atoms with Gasteiger partial charge in [0.05, 0.1) is 12.6 Å². The molecular formula is C8H12N2O3S. The van der Waals surface area contributed by atoms with Gasteiger partial charge in [0, 0.05) is 13.0 Å². The Morgan fingerprint density at radius 2 is 2.21 bits per heavy atom. The number of piperidine rings is 1. The molecule has 0 bridgehead atoms. The smallest absolute Gasteiger partial charge is 0.230 e. The monoisotopic (exact) mass is 216 g/mol. The number of Topliss-reactive ketones (excluding diaryl/α,β-unsaturated/α-hetero) is 1. The van der Waals surface area contributed by atoms with Crippen LogP contribution in [0.2, 0.25) is 0 Å². The van der Waals surface area contributed by atoms with Crippen LogP contribution in [0, 0.1) is 11.3 Å². The molecule has 1 atom stereocenters. The van der Waals surface area contributed by atoms with Gasteiger partial charge in [-0.1, -0.05) is 0 Å². The highest BCUT2D eigenvalue weighted by Crippen LogP contribution is 2.14. The van der Waals surface area contributed by atoms with E-state index in [4.69, 9.17) is 5.26 Å². The van der Waals surface area contributed by atoms with Crippen molar-refractivity contribution in [3.63, 3.8) is 0 Å². The van der Waals surface area contributed by atoms with Crippen LogP contribution in [-0.4, -0.2) is 36.8 Å². The van der Waals surface area contributed by atoms with Crippen LogP contribution in [0.4, 0.5) is 0 Å². The van der Waals surface area contributed by atoms with E-state index in [0.29, 0.717) is 19.4 Å². The van der Waals surface area contributed by atoms with Gasteiger partial charge in [0.2, 0.25) is 10.0 Å². The molecule has 1 aliphatic rings. The predicted octanol–water partition coefficient (Wildman–Crippen LogP) is -0.107. The van der Waals surface area contributed by atoms with Crippen LogP contribution in [0.15, 0.2) is 0 Å². The molecule has 1 aliphatic heterocycles. The van der Waals surface area contributed by atoms with E-state index in [1.807, 2.05) is 0 Å². The summed E-state index contributed by atoms with van der Waals surface area (Å²) in [6.07, 6.45) is 0.989. The largest absolute Gasteiger partial charge is 0.298 e. The van der Waals surface area contributed by atoms with Gasteiger partial charge >= 0.3 is 0 Å². The van der Waals surface area contributed by atoms with Gasteiger partial charge in [-0.15, -0.1) is 0 Å². The van der Waals surface area contributed by atoms with E-state index in [1.54, 1.807) is 6.07 Å². The van der Waals surface area contributed by atoms with E-state index < -0.39 is 15.3 Å². The Morgan fingerprint density at radius 3 is 2.71 bits per heavy atom. The first-order valence-electron chi connectivity index (χ1n) is 4.38. The summed E-state index contributed by atoms with van der Waals surface area (Å²) in [5.74, 6) is -0.0787. The lowest BCUT2D eigenvalue weighted by Gasteiger charge is -2.25. The average Bonchev–Trinajstić information content (AvgIpc) is 2.16. The fourth-order valence-corrected chi connectivity index (χ4v) is 2.60. The van der Waals surface area contributed by atoms with Crippen molar-refractivity contribution in [3.05, 3.63) is 0 Å². The maximum Gasteiger partial charge on any atom is 0.230 e. The molecule has 0 spiro atoms. The third-order valence-electron chi connectivity index (χ3n) is 2.20. The van der Waals surface area contributed by atoms with Crippen LogP contribution < -0.4 is 0 Å². The van der Waals surface area contributed by atoms with Crippen molar-refractivity contribution in [2.24, 2.45) is 0 Å². The third-order valence-corrected chi connectivity index (χ3v) is 4.23. The fraction of sp³-hybridized carbons (Fsp3) is 0.750. The molecule has 1 saturated heterocycles. The molecule has 1 rings (SSSR count). The molecule has 0 aromatic heterocycles. The summed E-state index contributed by atoms with van der Waals surface area (Å²) in [5.41, 5.74) is 0. The molecule has 0 aromatic rings. The lowest BCUT2D eigenvalue weighted by molar-refractivity contribution is -0.120. The van der Waals surface area contributed by atoms with Gasteiger partial charge < -0.3 is 0 Å². The molecule has 5 nitrogen and oxygen atoms in total. The Bertz CT molecular complexity index is 369. The molecule has 0 radical (unpaired) electrons. The number of nitriles is 1. The molecule has 0 N–H and O–H groups in total. The van der Waals surface area contributed by atoms with E-state index >= 15 is 0 Å². The summed E-state index contributed by atoms with van der Waals surface area (Å²) in [5, 5.41) is 7.45. The van der Waals surface area contributed by atoms with Crippen LogP contribution in [0.5, 0.6) is 0 Å². The van der Waals surface area contributed by atoms with E-state index in [0.717, 1.165) is 4.31 Å². The summed E-state index contributed by atoms with van der Waals surface area (Å²) in [6, 6.07) is 1.68. The highest BCUT2D eigenvalue weighted by molar-refractivity contribution is 7.90. The number of nitrogens with zero attached hydrogens (tertiary/aromatic N) is 2. The van der Waals surface area contributed by atoms with Crippen molar-refractivity contribution in [1.82, 2.24) is 4.31 Å². The Morgan fingerprint density at radius 1 is 1.57 bits per heavy atom. The number of hydrogen-bond acceptors (Lipinski definition) is 4. The highest BCUT2D eigenvalue weighted by Gasteiger charge is 2.32. The van der Waals surface area contributed by atoms with E-state index in [1.165, 1.54) is 6.92 Å². The Labute approximate surface area is 83.4 Å². The normalized spacial score (nSPS) is 21.6. The van der Waals surface area contributed by atoms with Gasteiger partial charge in [-0.25, -0.2) is 8.42 Å². The lowest BCUT2D eigenvalue weighted by Crippen LogP contribution is -2.43. The van der Waals surface area contributed by atoms with Crippen molar-refractivity contribution >= 4 is 15.8 Å². The van der Waals surface area contributed by atoms with E-state index in [9.17, 15) is 13.2 Å². The standard InChI is InChI=1S/C8H12N2O3S/c1-7(5-9)14(12,13)10-4-2-3-8(11)6-10/h7H,2-4,6H2,1H3. The van der Waals surface area contributed by atoms with E-state index in [2.05, 4.69) is 0 Å². The minimum atomic E-state index is -3.59. The van der Waals surface area contributed by atoms with Crippen molar-refractivity contribution in [2.75, 3.05) is 13.1 Å². The van der Waals surface area contributed by atoms with Crippen molar-refractivity contribution < 1.29 is 13.2 Å². The van der Waals surface area contributed by atoms with Crippen LogP contribution >= 0.6 is 0 Å². The maximum absolute atomic E-state index is 11.6. The quantitative estimate of drug-likeness (QED) is 0.645. The van der Waals surface area contributed by atoms with Crippen LogP contribution in [0.25, 0.3) is 0 Å². The molecule has 14 heavy (non-hydrogen) atoms. The van der Waals surface area contributed by atoms with Gasteiger partial charge in [0.1, 0.15) is 5.78 Å². The first-order valence-corrected chi connectivity index (χ1v) is 5.89. The van der Waals surface area contributed by atoms with Gasteiger partial charge in [0.25, 0.3) is 0 Å². The Balaban J connectivity index is 2.83. The number of ketones is 1. The lowest BCUT2D eigenvalue weighted by atomic mass is 10.1. The van der Waals surface area contributed by atoms with Crippen molar-refractivity contribution in [2.45, 2.75) is 25.0 Å². The maximum atomic E-state index is 11.6. The van der Waals surface area contributed by atoms with Crippen molar-refractivity contribution in [3.8, 4) is 6.07 Å². The second-order valence-corrected chi connectivity index (χ2v) is 5.55. The summed E-state index contributed by atoms with van der Waals surface area (Å²) in [4.78, 5) is 11.0. The molecule has 78 valence electrons. The Hall–Kier alpha value is -0.930. The number of carbonyl (C=O) groups is 1. The van der Waals surface area contributed by atoms with Crippen LogP contribution in [0.1, 0.15) is 19.8 Å². The second kappa shape index (κ2) is 4.07. The minimum Gasteiger partial charge on any atom is -0.298 e. The third kappa shape index (κ3) is 2.11. The first-order chi connectivity index (χ1) is 6.48. The first kappa shape index (κ1) is 11.1. The molecule has 0 aliphatic carbocycles. The fourth-order valence-electron chi connectivity index (χ4n) is 1.31. The SMILES string of the molecule is CC(C#N)S(=O)(=O)N1CCCC(=O)C1. The number of sulfonamides is 1. The van der Waals surface area contributed by atoms with Gasteiger partial charge in [0.15, 0.2) is 5.25 Å². The van der Waals surface area contributed by atoms with Crippen molar-refractivity contribution in [1.29, 1.82) is 5.26 Å². The zero-order chi connectivity index (χ0) is 10.8. The predicted molar refractivity (Wildman–Crippen MR) is 49.8 cm³/mol. The van der Waals surface area contributed by atoms with Crippen LogP contribution in [0.3, 0.4) is 0 Å². The molecular weight excluding hydrogens is 204 g/mol. The highest BCUT2D eigenvalue weighted by atomic mass is 32.2. The van der Waals surface area contributed by atoms with Gasteiger partial charge in [-0.05, 0) is 13.3 Å². The summed E-state index contributed by atoms with van der Waals surface area (Å²) >= 11 is 0. The molecule has 1 fully saturated rings. The number of hydrogen-bond donors (Lipinski definition) is 0. The second-order valence-electron chi connectivity index (χ2n) is 3.29. The molecule has 0 amide bonds. The average molecular weight is 216 g/mol. The molecule has 6 heteroatoms. The summed E-state index contributed by atoms with van der Waals surface area (Å²) in [7, 11) is -3.59. The number of rotatable bonds is 2.